The van der Waals surface area contributed by atoms with Crippen LogP contribution in [0.5, 0.6) is 5.75 Å². The zero-order valence-electron chi connectivity index (χ0n) is 16.6. The highest BCUT2D eigenvalue weighted by Gasteiger charge is 2.38. The Morgan fingerprint density at radius 3 is 2.14 bits per heavy atom. The molecule has 1 aromatic carbocycles. The predicted octanol–water partition coefficient (Wildman–Crippen LogP) is 1.69. The number of benzene rings is 1. The minimum atomic E-state index is -5.08. The second-order valence-electron chi connectivity index (χ2n) is 6.69. The standard InChI is InChI=1S/C15H25N3O3S.C2HF3O2/c1-12-9-14(10-16-12)18(22(19,20)17(2)3)11-13-5-7-15(21-4)8-6-13;3-2(4,5)1(6)7/h5-8,12,14,16H,9-11H2,1-4H3;(H,6,7). The molecule has 2 N–H and O–H groups in total. The van der Waals surface area contributed by atoms with E-state index in [1.165, 1.54) is 4.31 Å². The molecule has 12 heteroatoms. The lowest BCUT2D eigenvalue weighted by Gasteiger charge is -2.30. The number of hydrogen-bond donors (Lipinski definition) is 2. The lowest BCUT2D eigenvalue weighted by Crippen LogP contribution is -2.46. The van der Waals surface area contributed by atoms with Crippen molar-refractivity contribution in [3.05, 3.63) is 29.8 Å². The fourth-order valence-corrected chi connectivity index (χ4v) is 3.92. The van der Waals surface area contributed by atoms with Gasteiger partial charge in [0.15, 0.2) is 0 Å². The maximum Gasteiger partial charge on any atom is 0.490 e. The van der Waals surface area contributed by atoms with Crippen LogP contribution in [-0.4, -0.2) is 74.1 Å². The summed E-state index contributed by atoms with van der Waals surface area (Å²) in [5.41, 5.74) is 0.950. The van der Waals surface area contributed by atoms with Gasteiger partial charge in [-0.2, -0.15) is 30.2 Å². The summed E-state index contributed by atoms with van der Waals surface area (Å²) >= 11 is 0. The molecule has 2 rings (SSSR count). The first-order valence-corrected chi connectivity index (χ1v) is 10.0. The minimum Gasteiger partial charge on any atom is -0.497 e. The molecule has 1 aliphatic rings. The molecular formula is C17H26F3N3O5S. The summed E-state index contributed by atoms with van der Waals surface area (Å²) in [6, 6.07) is 7.83. The number of halogens is 3. The fourth-order valence-electron chi connectivity index (χ4n) is 2.65. The molecule has 0 aliphatic carbocycles. The van der Waals surface area contributed by atoms with Gasteiger partial charge >= 0.3 is 12.1 Å². The van der Waals surface area contributed by atoms with Crippen LogP contribution in [0, 0.1) is 0 Å². The number of nitrogens with one attached hydrogen (secondary N) is 1. The van der Waals surface area contributed by atoms with E-state index in [1.807, 2.05) is 24.3 Å². The third-order valence-electron chi connectivity index (χ3n) is 4.23. The predicted molar refractivity (Wildman–Crippen MR) is 101 cm³/mol. The van der Waals surface area contributed by atoms with E-state index in [1.54, 1.807) is 25.5 Å². The van der Waals surface area contributed by atoms with Crippen molar-refractivity contribution >= 4 is 16.2 Å². The second-order valence-corrected chi connectivity index (χ2v) is 8.78. The number of rotatable bonds is 6. The molecule has 1 saturated heterocycles. The average Bonchev–Trinajstić information content (AvgIpc) is 3.05. The van der Waals surface area contributed by atoms with Crippen LogP contribution < -0.4 is 10.1 Å². The molecule has 0 aromatic heterocycles. The van der Waals surface area contributed by atoms with Crippen molar-refractivity contribution in [3.63, 3.8) is 0 Å². The number of methoxy groups -OCH3 is 1. The number of aliphatic carboxylic acids is 1. The highest BCUT2D eigenvalue weighted by molar-refractivity contribution is 7.86. The molecular weight excluding hydrogens is 415 g/mol. The van der Waals surface area contributed by atoms with Crippen LogP contribution in [0.25, 0.3) is 0 Å². The molecule has 29 heavy (non-hydrogen) atoms. The van der Waals surface area contributed by atoms with Crippen molar-refractivity contribution in [2.24, 2.45) is 0 Å². The Morgan fingerprint density at radius 2 is 1.79 bits per heavy atom. The molecule has 0 spiro atoms. The first kappa shape index (κ1) is 25.1. The lowest BCUT2D eigenvalue weighted by molar-refractivity contribution is -0.192. The molecule has 1 aromatic rings. The summed E-state index contributed by atoms with van der Waals surface area (Å²) in [5.74, 6) is -1.99. The number of hydrogen-bond acceptors (Lipinski definition) is 5. The molecule has 1 heterocycles. The first-order valence-electron chi connectivity index (χ1n) is 8.64. The fraction of sp³-hybridized carbons (Fsp3) is 0.588. The summed E-state index contributed by atoms with van der Waals surface area (Å²) in [4.78, 5) is 8.90. The minimum absolute atomic E-state index is 0.0236. The molecule has 1 fully saturated rings. The summed E-state index contributed by atoms with van der Waals surface area (Å²) in [7, 11) is 1.29. The van der Waals surface area contributed by atoms with Crippen molar-refractivity contribution in [2.45, 2.75) is 38.1 Å². The molecule has 2 atom stereocenters. The molecule has 0 amide bonds. The van der Waals surface area contributed by atoms with Gasteiger partial charge in [0.1, 0.15) is 5.75 Å². The summed E-state index contributed by atoms with van der Waals surface area (Å²) in [6.45, 7) is 3.13. The van der Waals surface area contributed by atoms with Crippen molar-refractivity contribution in [2.75, 3.05) is 27.7 Å². The molecule has 0 radical (unpaired) electrons. The summed E-state index contributed by atoms with van der Waals surface area (Å²) in [5, 5.41) is 10.4. The van der Waals surface area contributed by atoms with Crippen molar-refractivity contribution in [3.8, 4) is 5.75 Å². The molecule has 166 valence electrons. The Kier molecular flexibility index (Phi) is 8.87. The van der Waals surface area contributed by atoms with Gasteiger partial charge in [0, 0.05) is 39.3 Å². The number of ether oxygens (including phenoxy) is 1. The SMILES string of the molecule is COc1ccc(CN(C2CNC(C)C2)S(=O)(=O)N(C)C)cc1.O=C(O)C(F)(F)F. The van der Waals surface area contributed by atoms with E-state index in [4.69, 9.17) is 14.6 Å². The molecule has 0 saturated carbocycles. The number of nitrogens with zero attached hydrogens (tertiary/aromatic N) is 2. The van der Waals surface area contributed by atoms with Crippen LogP contribution in [0.2, 0.25) is 0 Å². The van der Waals surface area contributed by atoms with Crippen LogP contribution in [0.1, 0.15) is 18.9 Å². The van der Waals surface area contributed by atoms with Gasteiger partial charge in [-0.25, -0.2) is 4.79 Å². The van der Waals surface area contributed by atoms with Gasteiger partial charge in [-0.3, -0.25) is 0 Å². The quantitative estimate of drug-likeness (QED) is 0.697. The van der Waals surface area contributed by atoms with Gasteiger partial charge in [-0.05, 0) is 31.0 Å². The van der Waals surface area contributed by atoms with Crippen LogP contribution in [0.3, 0.4) is 0 Å². The Balaban J connectivity index is 0.000000516. The first-order chi connectivity index (χ1) is 13.3. The van der Waals surface area contributed by atoms with Crippen molar-refractivity contribution in [1.29, 1.82) is 0 Å². The zero-order chi connectivity index (χ0) is 22.4. The van der Waals surface area contributed by atoms with Gasteiger partial charge in [0.05, 0.1) is 7.11 Å². The molecule has 2 unspecified atom stereocenters. The number of alkyl halides is 3. The zero-order valence-corrected chi connectivity index (χ0v) is 17.4. The number of carbonyl (C=O) groups is 1. The van der Waals surface area contributed by atoms with E-state index >= 15 is 0 Å². The van der Waals surface area contributed by atoms with E-state index in [9.17, 15) is 21.6 Å². The maximum atomic E-state index is 12.7. The van der Waals surface area contributed by atoms with Gasteiger partial charge < -0.3 is 15.2 Å². The van der Waals surface area contributed by atoms with Gasteiger partial charge in [0.2, 0.25) is 0 Å². The number of carboxylic acids is 1. The molecule has 1 aliphatic heterocycles. The number of carboxylic acid groups (broad SMARTS) is 1. The summed E-state index contributed by atoms with van der Waals surface area (Å²) < 4.78 is 65.0. The maximum absolute atomic E-state index is 12.7. The Labute approximate surface area is 168 Å². The Bertz CT molecular complexity index is 770. The topological polar surface area (TPSA) is 99.2 Å². The Hall–Kier alpha value is -1.89. The van der Waals surface area contributed by atoms with Crippen LogP contribution in [-0.2, 0) is 21.5 Å². The van der Waals surface area contributed by atoms with Gasteiger partial charge in [0.25, 0.3) is 10.2 Å². The average molecular weight is 441 g/mol. The van der Waals surface area contributed by atoms with E-state index in [-0.39, 0.29) is 6.04 Å². The highest BCUT2D eigenvalue weighted by atomic mass is 32.2. The lowest BCUT2D eigenvalue weighted by atomic mass is 10.1. The van der Waals surface area contributed by atoms with Crippen LogP contribution in [0.4, 0.5) is 13.2 Å². The van der Waals surface area contributed by atoms with Crippen molar-refractivity contribution < 1.29 is 36.2 Å². The van der Waals surface area contributed by atoms with Gasteiger partial charge in [-0.1, -0.05) is 12.1 Å². The molecule has 0 bridgehead atoms. The van der Waals surface area contributed by atoms with Crippen LogP contribution >= 0.6 is 0 Å². The second kappa shape index (κ2) is 10.2. The smallest absolute Gasteiger partial charge is 0.490 e. The highest BCUT2D eigenvalue weighted by Crippen LogP contribution is 2.22. The monoisotopic (exact) mass is 441 g/mol. The van der Waals surface area contributed by atoms with Crippen molar-refractivity contribution in [1.82, 2.24) is 13.9 Å². The third kappa shape index (κ3) is 7.46. The molecule has 8 nitrogen and oxygen atoms in total. The normalized spacial score (nSPS) is 19.8. The van der Waals surface area contributed by atoms with Gasteiger partial charge in [-0.15, -0.1) is 0 Å². The van der Waals surface area contributed by atoms with E-state index in [0.717, 1.165) is 17.7 Å². The Morgan fingerprint density at radius 1 is 1.28 bits per heavy atom. The van der Waals surface area contributed by atoms with E-state index in [2.05, 4.69) is 12.2 Å². The largest absolute Gasteiger partial charge is 0.497 e. The third-order valence-corrected chi connectivity index (χ3v) is 6.18. The van der Waals surface area contributed by atoms with E-state index < -0.39 is 22.4 Å². The van der Waals surface area contributed by atoms with E-state index in [0.29, 0.717) is 19.1 Å². The van der Waals surface area contributed by atoms with Crippen LogP contribution in [0.15, 0.2) is 24.3 Å². The summed E-state index contributed by atoms with van der Waals surface area (Å²) in [6.07, 6.45) is -4.26.